The number of nitrogens with two attached hydrogens (primary N) is 2. The molecule has 0 aliphatic heterocycles. The van der Waals surface area contributed by atoms with Crippen molar-refractivity contribution in [3.8, 4) is 0 Å². The fraction of sp³-hybridized carbons (Fsp3) is 0.800. The van der Waals surface area contributed by atoms with Crippen molar-refractivity contribution >= 4 is 11.7 Å². The van der Waals surface area contributed by atoms with Gasteiger partial charge in [0.05, 0.1) is 6.04 Å². The fourth-order valence-corrected chi connectivity index (χ4v) is 1.44. The normalized spacial score (nSPS) is 12.5. The molecule has 5 heteroatoms. The lowest BCUT2D eigenvalue weighted by Gasteiger charge is -2.22. The van der Waals surface area contributed by atoms with Gasteiger partial charge >= 0.3 is 0 Å². The number of hydrogen-bond acceptors (Lipinski definition) is 3. The molecule has 0 saturated heterocycles. The summed E-state index contributed by atoms with van der Waals surface area (Å²) >= 11 is 0. The second-order valence-electron chi connectivity index (χ2n) is 3.75. The molecule has 0 bridgehead atoms. The minimum absolute atomic E-state index is 0.0100. The molecule has 0 aliphatic rings. The lowest BCUT2D eigenvalue weighted by Crippen LogP contribution is -2.35. The molecule has 0 aromatic rings. The highest BCUT2D eigenvalue weighted by atomic mass is 16.1. The van der Waals surface area contributed by atoms with E-state index in [1.165, 1.54) is 0 Å². The molecule has 0 aromatic carbocycles. The number of aliphatic imine (C=N–C) groups is 1. The van der Waals surface area contributed by atoms with E-state index in [0.717, 1.165) is 12.8 Å². The zero-order valence-corrected chi connectivity index (χ0v) is 9.86. The average Bonchev–Trinajstić information content (AvgIpc) is 2.15. The van der Waals surface area contributed by atoms with Crippen LogP contribution in [0.4, 0.5) is 0 Å². The van der Waals surface area contributed by atoms with Crippen LogP contribution in [0.15, 0.2) is 4.99 Å². The van der Waals surface area contributed by atoms with Gasteiger partial charge in [0.2, 0.25) is 0 Å². The molecule has 4 N–H and O–H groups in total. The SMILES string of the molecule is CCC(=O)[C@H](CCCN=C(N)N)N(C)C. The topological polar surface area (TPSA) is 84.7 Å². The van der Waals surface area contributed by atoms with Gasteiger partial charge in [-0.25, -0.2) is 0 Å². The molecule has 88 valence electrons. The van der Waals surface area contributed by atoms with Crippen LogP contribution < -0.4 is 11.5 Å². The van der Waals surface area contributed by atoms with Gasteiger partial charge in [-0.1, -0.05) is 6.92 Å². The number of Topliss-reactive ketones (excluding diaryl/α,β-unsaturated/α-hetero) is 1. The minimum Gasteiger partial charge on any atom is -0.370 e. The molecule has 0 rings (SSSR count). The van der Waals surface area contributed by atoms with Gasteiger partial charge in [-0.2, -0.15) is 0 Å². The first kappa shape index (κ1) is 13.9. The molecule has 0 aromatic heterocycles. The maximum Gasteiger partial charge on any atom is 0.185 e. The van der Waals surface area contributed by atoms with Crippen LogP contribution in [0, 0.1) is 0 Å². The summed E-state index contributed by atoms with van der Waals surface area (Å²) in [7, 11) is 3.83. The Balaban J connectivity index is 3.98. The van der Waals surface area contributed by atoms with Crippen LogP contribution >= 0.6 is 0 Å². The summed E-state index contributed by atoms with van der Waals surface area (Å²) in [5.74, 6) is 0.378. The number of likely N-dealkylation sites (N-methyl/N-ethyl adjacent to an activating group) is 1. The van der Waals surface area contributed by atoms with Gasteiger partial charge in [0.25, 0.3) is 0 Å². The molecule has 0 unspecified atom stereocenters. The van der Waals surface area contributed by atoms with Gasteiger partial charge in [0.1, 0.15) is 5.78 Å². The monoisotopic (exact) mass is 214 g/mol. The lowest BCUT2D eigenvalue weighted by atomic mass is 10.0. The average molecular weight is 214 g/mol. The number of guanidine groups is 1. The van der Waals surface area contributed by atoms with Crippen LogP contribution in [0.25, 0.3) is 0 Å². The smallest absolute Gasteiger partial charge is 0.185 e. The van der Waals surface area contributed by atoms with Crippen molar-refractivity contribution in [1.29, 1.82) is 0 Å². The van der Waals surface area contributed by atoms with Crippen molar-refractivity contribution < 1.29 is 4.79 Å². The molecule has 0 saturated carbocycles. The van der Waals surface area contributed by atoms with Gasteiger partial charge in [-0.3, -0.25) is 14.7 Å². The van der Waals surface area contributed by atoms with Crippen molar-refractivity contribution in [3.63, 3.8) is 0 Å². The molecule has 15 heavy (non-hydrogen) atoms. The van der Waals surface area contributed by atoms with Crippen LogP contribution in [-0.2, 0) is 4.79 Å². The van der Waals surface area contributed by atoms with E-state index >= 15 is 0 Å². The molecular weight excluding hydrogens is 192 g/mol. The standard InChI is InChI=1S/C10H22N4O/c1-4-9(15)8(14(2)3)6-5-7-13-10(11)12/h8H,4-7H2,1-3H3,(H4,11,12,13)/t8-/m0/s1. The summed E-state index contributed by atoms with van der Waals surface area (Å²) < 4.78 is 0. The van der Waals surface area contributed by atoms with Crippen LogP contribution in [0.5, 0.6) is 0 Å². The zero-order valence-electron chi connectivity index (χ0n) is 9.86. The van der Waals surface area contributed by atoms with Crippen molar-refractivity contribution in [1.82, 2.24) is 4.90 Å². The Hall–Kier alpha value is -1.10. The summed E-state index contributed by atoms with van der Waals surface area (Å²) in [6.07, 6.45) is 2.20. The Bertz CT molecular complexity index is 221. The van der Waals surface area contributed by atoms with Gasteiger partial charge in [-0.05, 0) is 26.9 Å². The Morgan fingerprint density at radius 2 is 2.00 bits per heavy atom. The first-order valence-corrected chi connectivity index (χ1v) is 5.23. The van der Waals surface area contributed by atoms with E-state index in [0.29, 0.717) is 13.0 Å². The molecular formula is C10H22N4O. The Morgan fingerprint density at radius 3 is 2.40 bits per heavy atom. The maximum absolute atomic E-state index is 11.6. The first-order chi connectivity index (χ1) is 6.99. The Morgan fingerprint density at radius 1 is 1.40 bits per heavy atom. The number of nitrogens with zero attached hydrogens (tertiary/aromatic N) is 2. The van der Waals surface area contributed by atoms with E-state index in [4.69, 9.17) is 11.5 Å². The van der Waals surface area contributed by atoms with Crippen molar-refractivity contribution in [2.75, 3.05) is 20.6 Å². The highest BCUT2D eigenvalue weighted by Gasteiger charge is 2.17. The number of ketones is 1. The largest absolute Gasteiger partial charge is 0.370 e. The summed E-state index contributed by atoms with van der Waals surface area (Å²) in [6.45, 7) is 2.47. The highest BCUT2D eigenvalue weighted by molar-refractivity contribution is 5.83. The zero-order chi connectivity index (χ0) is 11.8. The van der Waals surface area contributed by atoms with E-state index in [-0.39, 0.29) is 17.8 Å². The molecule has 0 fully saturated rings. The third-order valence-electron chi connectivity index (χ3n) is 2.27. The summed E-state index contributed by atoms with van der Waals surface area (Å²) in [5, 5.41) is 0. The molecule has 1 atom stereocenters. The third-order valence-corrected chi connectivity index (χ3v) is 2.27. The third kappa shape index (κ3) is 6.06. The van der Waals surface area contributed by atoms with Crippen molar-refractivity contribution in [2.45, 2.75) is 32.2 Å². The maximum atomic E-state index is 11.6. The number of rotatable bonds is 7. The Labute approximate surface area is 91.5 Å². The molecule has 0 aliphatic carbocycles. The second kappa shape index (κ2) is 7.23. The highest BCUT2D eigenvalue weighted by Crippen LogP contribution is 2.06. The van der Waals surface area contributed by atoms with Crippen LogP contribution in [0.2, 0.25) is 0 Å². The van der Waals surface area contributed by atoms with E-state index in [2.05, 4.69) is 4.99 Å². The van der Waals surface area contributed by atoms with Gasteiger partial charge in [0, 0.05) is 13.0 Å². The van der Waals surface area contributed by atoms with Crippen LogP contribution in [-0.4, -0.2) is 43.3 Å². The van der Waals surface area contributed by atoms with Gasteiger partial charge in [0.15, 0.2) is 5.96 Å². The lowest BCUT2D eigenvalue weighted by molar-refractivity contribution is -0.123. The van der Waals surface area contributed by atoms with Gasteiger partial charge < -0.3 is 11.5 Å². The van der Waals surface area contributed by atoms with E-state index in [1.807, 2.05) is 25.9 Å². The summed E-state index contributed by atoms with van der Waals surface area (Å²) in [4.78, 5) is 17.4. The quantitative estimate of drug-likeness (QED) is 0.353. The van der Waals surface area contributed by atoms with Crippen LogP contribution in [0.3, 0.4) is 0 Å². The number of carbonyl (C=O) groups excluding carboxylic acids is 1. The van der Waals surface area contributed by atoms with Crippen molar-refractivity contribution in [3.05, 3.63) is 0 Å². The molecule has 0 amide bonds. The molecule has 0 heterocycles. The Kier molecular flexibility index (Phi) is 6.70. The predicted octanol–water partition coefficient (Wildman–Crippen LogP) is -0.0507. The second-order valence-corrected chi connectivity index (χ2v) is 3.75. The van der Waals surface area contributed by atoms with E-state index in [1.54, 1.807) is 0 Å². The molecule has 0 spiro atoms. The number of carbonyl (C=O) groups is 1. The molecule has 5 nitrogen and oxygen atoms in total. The predicted molar refractivity (Wildman–Crippen MR) is 62.7 cm³/mol. The fourth-order valence-electron chi connectivity index (χ4n) is 1.44. The molecule has 0 radical (unpaired) electrons. The van der Waals surface area contributed by atoms with Crippen LogP contribution in [0.1, 0.15) is 26.2 Å². The van der Waals surface area contributed by atoms with Gasteiger partial charge in [-0.15, -0.1) is 0 Å². The summed E-state index contributed by atoms with van der Waals surface area (Å²) in [6, 6.07) is -0.0100. The number of hydrogen-bond donors (Lipinski definition) is 2. The van der Waals surface area contributed by atoms with Crippen molar-refractivity contribution in [2.24, 2.45) is 16.5 Å². The first-order valence-electron chi connectivity index (χ1n) is 5.23. The van der Waals surface area contributed by atoms with E-state index < -0.39 is 0 Å². The summed E-state index contributed by atoms with van der Waals surface area (Å²) in [5.41, 5.74) is 10.4. The van der Waals surface area contributed by atoms with E-state index in [9.17, 15) is 4.79 Å². The minimum atomic E-state index is -0.0100.